The van der Waals surface area contributed by atoms with E-state index in [1.807, 2.05) is 0 Å². The highest BCUT2D eigenvalue weighted by molar-refractivity contribution is 5.83. The topological polar surface area (TPSA) is 101 Å². The van der Waals surface area contributed by atoms with E-state index in [4.69, 9.17) is 9.84 Å². The van der Waals surface area contributed by atoms with Crippen molar-refractivity contribution in [1.82, 2.24) is 9.97 Å². The molecule has 7 nitrogen and oxygen atoms in total. The van der Waals surface area contributed by atoms with Crippen molar-refractivity contribution in [2.45, 2.75) is 26.4 Å². The third kappa shape index (κ3) is 4.77. The van der Waals surface area contributed by atoms with Gasteiger partial charge in [0.2, 0.25) is 5.82 Å². The Labute approximate surface area is 104 Å². The summed E-state index contributed by atoms with van der Waals surface area (Å²) >= 11 is 0. The van der Waals surface area contributed by atoms with Crippen LogP contribution in [0.4, 0.5) is 5.69 Å². The molecule has 0 aliphatic heterocycles. The van der Waals surface area contributed by atoms with Gasteiger partial charge in [-0.2, -0.15) is 0 Å². The lowest BCUT2D eigenvalue weighted by Gasteiger charge is -2.19. The molecule has 1 heterocycles. The van der Waals surface area contributed by atoms with E-state index in [0.717, 1.165) is 0 Å². The Bertz CT molecular complexity index is 437. The van der Waals surface area contributed by atoms with Gasteiger partial charge in [-0.1, -0.05) is 0 Å². The molecule has 1 rings (SSSR count). The van der Waals surface area contributed by atoms with E-state index in [9.17, 15) is 9.59 Å². The van der Waals surface area contributed by atoms with Crippen LogP contribution >= 0.6 is 0 Å². The van der Waals surface area contributed by atoms with Crippen LogP contribution in [0.3, 0.4) is 0 Å². The number of carbonyl (C=O) groups excluding carboxylic acids is 1. The van der Waals surface area contributed by atoms with E-state index in [1.165, 1.54) is 12.4 Å². The molecule has 0 aromatic carbocycles. The van der Waals surface area contributed by atoms with Gasteiger partial charge >= 0.3 is 11.9 Å². The number of esters is 1. The van der Waals surface area contributed by atoms with Gasteiger partial charge < -0.3 is 15.2 Å². The third-order valence-electron chi connectivity index (χ3n) is 1.70. The summed E-state index contributed by atoms with van der Waals surface area (Å²) in [6.07, 6.45) is 2.58. The molecule has 1 aromatic rings. The van der Waals surface area contributed by atoms with Crippen molar-refractivity contribution in [3.8, 4) is 0 Å². The van der Waals surface area contributed by atoms with Gasteiger partial charge in [-0.15, -0.1) is 0 Å². The van der Waals surface area contributed by atoms with E-state index in [-0.39, 0.29) is 12.4 Å². The van der Waals surface area contributed by atoms with Gasteiger partial charge in [-0.05, 0) is 20.8 Å². The molecule has 0 saturated heterocycles. The number of hydrogen-bond donors (Lipinski definition) is 2. The Morgan fingerprint density at radius 1 is 1.33 bits per heavy atom. The molecular formula is C11H15N3O4. The number of carbonyl (C=O) groups is 2. The Kier molecular flexibility index (Phi) is 4.19. The minimum atomic E-state index is -1.20. The van der Waals surface area contributed by atoms with E-state index in [1.54, 1.807) is 20.8 Å². The van der Waals surface area contributed by atoms with Crippen LogP contribution in [0, 0.1) is 0 Å². The second-order valence-electron chi connectivity index (χ2n) is 4.54. The molecule has 18 heavy (non-hydrogen) atoms. The van der Waals surface area contributed by atoms with Crippen molar-refractivity contribution in [3.05, 3.63) is 18.2 Å². The molecule has 0 unspecified atom stereocenters. The van der Waals surface area contributed by atoms with Crippen molar-refractivity contribution in [2.24, 2.45) is 0 Å². The summed E-state index contributed by atoms with van der Waals surface area (Å²) in [5, 5.41) is 11.3. The molecule has 0 radical (unpaired) electrons. The van der Waals surface area contributed by atoms with Crippen LogP contribution in [-0.2, 0) is 9.53 Å². The fourth-order valence-corrected chi connectivity index (χ4v) is 1.08. The van der Waals surface area contributed by atoms with Gasteiger partial charge in [-0.25, -0.2) is 14.8 Å². The standard InChI is InChI=1S/C11H15N3O4/c1-11(2,3)18-8(15)6-12-7-4-13-9(10(16)17)14-5-7/h4-5,12H,6H2,1-3H3,(H,16,17). The summed E-state index contributed by atoms with van der Waals surface area (Å²) in [4.78, 5) is 29.1. The summed E-state index contributed by atoms with van der Waals surface area (Å²) in [5.74, 6) is -1.91. The number of aromatic carboxylic acids is 1. The molecule has 0 bridgehead atoms. The fraction of sp³-hybridized carbons (Fsp3) is 0.455. The molecule has 1 aromatic heterocycles. The number of ether oxygens (including phenoxy) is 1. The first-order chi connectivity index (χ1) is 8.28. The van der Waals surface area contributed by atoms with Gasteiger partial charge in [-0.3, -0.25) is 4.79 Å². The van der Waals surface area contributed by atoms with Gasteiger partial charge in [0.15, 0.2) is 0 Å². The van der Waals surface area contributed by atoms with E-state index in [2.05, 4.69) is 15.3 Å². The number of aromatic nitrogens is 2. The predicted molar refractivity (Wildman–Crippen MR) is 63.3 cm³/mol. The maximum Gasteiger partial charge on any atom is 0.373 e. The van der Waals surface area contributed by atoms with Gasteiger partial charge in [0, 0.05) is 0 Å². The number of rotatable bonds is 4. The molecule has 2 N–H and O–H groups in total. The van der Waals surface area contributed by atoms with E-state index < -0.39 is 17.5 Å². The summed E-state index contributed by atoms with van der Waals surface area (Å²) in [6.45, 7) is 5.29. The number of carboxylic acid groups (broad SMARTS) is 1. The number of nitrogens with zero attached hydrogens (tertiary/aromatic N) is 2. The molecule has 0 aliphatic rings. The number of hydrogen-bond acceptors (Lipinski definition) is 6. The lowest BCUT2D eigenvalue weighted by Crippen LogP contribution is -2.28. The van der Waals surface area contributed by atoms with Crippen molar-refractivity contribution in [3.63, 3.8) is 0 Å². The first-order valence-corrected chi connectivity index (χ1v) is 5.29. The van der Waals surface area contributed by atoms with Crippen LogP contribution < -0.4 is 5.32 Å². The number of carboxylic acids is 1. The maximum absolute atomic E-state index is 11.4. The number of anilines is 1. The minimum Gasteiger partial charge on any atom is -0.475 e. The monoisotopic (exact) mass is 253 g/mol. The highest BCUT2D eigenvalue weighted by Gasteiger charge is 2.15. The second-order valence-corrected chi connectivity index (χ2v) is 4.54. The minimum absolute atomic E-state index is 0.0347. The SMILES string of the molecule is CC(C)(C)OC(=O)CNc1cnc(C(=O)O)nc1. The molecule has 7 heteroatoms. The Morgan fingerprint density at radius 3 is 2.33 bits per heavy atom. The maximum atomic E-state index is 11.4. The normalized spacial score (nSPS) is 10.8. The molecule has 0 spiro atoms. The largest absolute Gasteiger partial charge is 0.475 e. The van der Waals surface area contributed by atoms with Crippen LogP contribution in [0.2, 0.25) is 0 Å². The average molecular weight is 253 g/mol. The quantitative estimate of drug-likeness (QED) is 0.769. The molecule has 0 fully saturated rings. The zero-order valence-corrected chi connectivity index (χ0v) is 10.4. The van der Waals surface area contributed by atoms with Crippen LogP contribution in [0.25, 0.3) is 0 Å². The van der Waals surface area contributed by atoms with E-state index >= 15 is 0 Å². The number of nitrogens with one attached hydrogen (secondary N) is 1. The first-order valence-electron chi connectivity index (χ1n) is 5.29. The van der Waals surface area contributed by atoms with Gasteiger partial charge in [0.1, 0.15) is 12.1 Å². The Morgan fingerprint density at radius 2 is 1.89 bits per heavy atom. The smallest absolute Gasteiger partial charge is 0.373 e. The lowest BCUT2D eigenvalue weighted by molar-refractivity contribution is -0.152. The third-order valence-corrected chi connectivity index (χ3v) is 1.70. The van der Waals surface area contributed by atoms with Gasteiger partial charge in [0.25, 0.3) is 0 Å². The summed E-state index contributed by atoms with van der Waals surface area (Å²) in [6, 6.07) is 0. The average Bonchev–Trinajstić information content (AvgIpc) is 2.24. The Balaban J connectivity index is 2.49. The molecule has 0 atom stereocenters. The van der Waals surface area contributed by atoms with Crippen LogP contribution in [0.5, 0.6) is 0 Å². The summed E-state index contributed by atoms with van der Waals surface area (Å²) in [5.41, 5.74) is -0.0894. The van der Waals surface area contributed by atoms with Crippen molar-refractivity contribution >= 4 is 17.6 Å². The molecule has 98 valence electrons. The first kappa shape index (κ1) is 13.9. The lowest BCUT2D eigenvalue weighted by atomic mass is 10.2. The van der Waals surface area contributed by atoms with Gasteiger partial charge in [0.05, 0.1) is 18.1 Å². The summed E-state index contributed by atoms with van der Waals surface area (Å²) in [7, 11) is 0. The second kappa shape index (κ2) is 5.44. The molecule has 0 amide bonds. The van der Waals surface area contributed by atoms with Crippen LogP contribution in [0.15, 0.2) is 12.4 Å². The Hall–Kier alpha value is -2.18. The van der Waals surface area contributed by atoms with Crippen molar-refractivity contribution in [2.75, 3.05) is 11.9 Å². The molecule has 0 aliphatic carbocycles. The molecular weight excluding hydrogens is 238 g/mol. The highest BCUT2D eigenvalue weighted by Crippen LogP contribution is 2.08. The fourth-order valence-electron chi connectivity index (χ4n) is 1.08. The summed E-state index contributed by atoms with van der Waals surface area (Å²) < 4.78 is 5.09. The van der Waals surface area contributed by atoms with Crippen molar-refractivity contribution < 1.29 is 19.4 Å². The van der Waals surface area contributed by atoms with Crippen molar-refractivity contribution in [1.29, 1.82) is 0 Å². The zero-order chi connectivity index (χ0) is 13.8. The molecule has 0 saturated carbocycles. The van der Waals surface area contributed by atoms with E-state index in [0.29, 0.717) is 5.69 Å². The van der Waals surface area contributed by atoms with Crippen LogP contribution in [0.1, 0.15) is 31.4 Å². The zero-order valence-electron chi connectivity index (χ0n) is 10.4. The van der Waals surface area contributed by atoms with Crippen LogP contribution in [-0.4, -0.2) is 39.2 Å². The highest BCUT2D eigenvalue weighted by atomic mass is 16.6. The predicted octanol–water partition coefficient (Wildman–Crippen LogP) is 0.928.